The van der Waals surface area contributed by atoms with Crippen molar-refractivity contribution in [3.05, 3.63) is 40.3 Å². The zero-order valence-electron chi connectivity index (χ0n) is 19.9. The fourth-order valence-corrected chi connectivity index (χ4v) is 8.05. The molecule has 1 aromatic heterocycles. The van der Waals surface area contributed by atoms with E-state index in [1.54, 1.807) is 0 Å². The summed E-state index contributed by atoms with van der Waals surface area (Å²) in [5.41, 5.74) is 1.54. The molecule has 0 spiro atoms. The first-order chi connectivity index (χ1) is 16.1. The molecular weight excluding hydrogens is 410 g/mol. The molecule has 2 saturated carbocycles. The molecule has 0 amide bonds. The maximum atomic E-state index is 13.5. The second-order valence-electron chi connectivity index (χ2n) is 11.4. The molecule has 4 aliphatic rings. The minimum absolute atomic E-state index is 0.0950. The Balaban J connectivity index is 1.34. The van der Waals surface area contributed by atoms with Gasteiger partial charge in [0.2, 0.25) is 0 Å². The summed E-state index contributed by atoms with van der Waals surface area (Å²) < 4.78 is 1.95. The van der Waals surface area contributed by atoms with Crippen LogP contribution in [0.1, 0.15) is 101 Å². The van der Waals surface area contributed by atoms with E-state index in [0.29, 0.717) is 12.1 Å². The van der Waals surface area contributed by atoms with Crippen molar-refractivity contribution in [2.75, 3.05) is 0 Å². The molecule has 3 heterocycles. The van der Waals surface area contributed by atoms with Crippen LogP contribution in [0.15, 0.2) is 29.1 Å². The zero-order valence-corrected chi connectivity index (χ0v) is 19.9. The molecule has 5 atom stereocenters. The number of piperidine rings is 2. The summed E-state index contributed by atoms with van der Waals surface area (Å²) in [6.07, 6.45) is 15.8. The summed E-state index contributed by atoms with van der Waals surface area (Å²) in [4.78, 5) is 33.1. The van der Waals surface area contributed by atoms with E-state index < -0.39 is 0 Å². The van der Waals surface area contributed by atoms with Crippen molar-refractivity contribution in [1.29, 1.82) is 0 Å². The Kier molecular flexibility index (Phi) is 5.64. The molecular formula is C28H37N3O2. The van der Waals surface area contributed by atoms with Gasteiger partial charge in [-0.2, -0.15) is 0 Å². The second-order valence-corrected chi connectivity index (χ2v) is 11.4. The molecule has 2 aromatic rings. The second kappa shape index (κ2) is 8.65. The maximum absolute atomic E-state index is 13.5. The smallest absolute Gasteiger partial charge is 0.280 e. The van der Waals surface area contributed by atoms with E-state index in [2.05, 4.69) is 9.88 Å². The summed E-state index contributed by atoms with van der Waals surface area (Å²) in [5, 5.41) is 0. The molecule has 4 bridgehead atoms. The minimum Gasteiger partial charge on any atom is -0.302 e. The monoisotopic (exact) mass is 447 g/mol. The molecule has 0 N–H and O–H groups in total. The van der Waals surface area contributed by atoms with E-state index >= 15 is 0 Å². The first kappa shape index (κ1) is 21.5. The Hall–Kier alpha value is -2.01. The summed E-state index contributed by atoms with van der Waals surface area (Å²) in [6, 6.07) is 9.86. The quantitative estimate of drug-likeness (QED) is 0.582. The number of aromatic nitrogens is 2. The van der Waals surface area contributed by atoms with Crippen molar-refractivity contribution in [3.8, 4) is 0 Å². The number of Topliss-reactive ketones (excluding diaryl/α,β-unsaturated/α-hetero) is 1. The average Bonchev–Trinajstić information content (AvgIpc) is 2.97. The largest absolute Gasteiger partial charge is 0.302 e. The van der Waals surface area contributed by atoms with Crippen molar-refractivity contribution in [2.45, 2.75) is 108 Å². The lowest BCUT2D eigenvalue weighted by atomic mass is 9.73. The normalized spacial score (nSPS) is 34.7. The van der Waals surface area contributed by atoms with Gasteiger partial charge >= 0.3 is 0 Å². The van der Waals surface area contributed by atoms with E-state index in [0.717, 1.165) is 41.8 Å². The number of benzene rings is 1. The first-order valence-corrected chi connectivity index (χ1v) is 13.4. The minimum atomic E-state index is -0.234. The van der Waals surface area contributed by atoms with Crippen molar-refractivity contribution in [2.24, 2.45) is 11.8 Å². The standard InChI is InChI=1S/C28H37N3O2/c1-18(32)27-28(33)31(26-12-5-4-11-25(26)29-27)24-16-21-9-6-10-22(17-24)30(21)23-14-19-7-2-3-8-20(13-19)15-23/h4-5,11-12,19-24H,2-3,6-10,13-17H2,1H3/t19?,20?,21-,22?,23?,24?/m1/s1. The van der Waals surface area contributed by atoms with Crippen LogP contribution in [0, 0.1) is 11.8 Å². The van der Waals surface area contributed by atoms with Crippen LogP contribution < -0.4 is 5.56 Å². The van der Waals surface area contributed by atoms with E-state index in [1.807, 2.05) is 28.8 Å². The van der Waals surface area contributed by atoms with Crippen LogP contribution in [0.2, 0.25) is 0 Å². The Bertz CT molecular complexity index is 1080. The molecule has 1 aromatic carbocycles. The van der Waals surface area contributed by atoms with Gasteiger partial charge in [0.15, 0.2) is 11.5 Å². The Morgan fingerprint density at radius 2 is 1.48 bits per heavy atom. The highest BCUT2D eigenvalue weighted by molar-refractivity contribution is 5.93. The van der Waals surface area contributed by atoms with Crippen molar-refractivity contribution in [1.82, 2.24) is 14.5 Å². The molecule has 0 radical (unpaired) electrons. The Morgan fingerprint density at radius 1 is 0.818 bits per heavy atom. The third-order valence-corrected chi connectivity index (χ3v) is 9.27. The zero-order chi connectivity index (χ0) is 22.5. The number of nitrogens with zero attached hydrogens (tertiary/aromatic N) is 3. The molecule has 4 unspecified atom stereocenters. The van der Waals surface area contributed by atoms with Gasteiger partial charge in [0.05, 0.1) is 11.0 Å². The van der Waals surface area contributed by atoms with Crippen LogP contribution in [-0.2, 0) is 0 Å². The summed E-state index contributed by atoms with van der Waals surface area (Å²) >= 11 is 0. The third kappa shape index (κ3) is 3.86. The van der Waals surface area contributed by atoms with Gasteiger partial charge < -0.3 is 4.57 Å². The molecule has 2 saturated heterocycles. The number of ketones is 1. The lowest BCUT2D eigenvalue weighted by Gasteiger charge is -2.54. The van der Waals surface area contributed by atoms with Gasteiger partial charge in [-0.05, 0) is 68.9 Å². The van der Waals surface area contributed by atoms with Crippen molar-refractivity contribution < 1.29 is 4.79 Å². The molecule has 2 aliphatic carbocycles. The predicted molar refractivity (Wildman–Crippen MR) is 131 cm³/mol. The van der Waals surface area contributed by atoms with E-state index in [9.17, 15) is 9.59 Å². The van der Waals surface area contributed by atoms with Crippen LogP contribution in [0.5, 0.6) is 0 Å². The topological polar surface area (TPSA) is 55.2 Å². The molecule has 6 rings (SSSR count). The number of carbonyl (C=O) groups excluding carboxylic acids is 1. The van der Waals surface area contributed by atoms with Gasteiger partial charge in [-0.1, -0.05) is 44.2 Å². The number of hydrogen-bond acceptors (Lipinski definition) is 4. The molecule has 33 heavy (non-hydrogen) atoms. The van der Waals surface area contributed by atoms with Crippen LogP contribution >= 0.6 is 0 Å². The lowest BCUT2D eigenvalue weighted by molar-refractivity contribution is -0.0420. The summed E-state index contributed by atoms with van der Waals surface area (Å²) in [6.45, 7) is 1.46. The molecule has 5 nitrogen and oxygen atoms in total. The van der Waals surface area contributed by atoms with Gasteiger partial charge in [-0.25, -0.2) is 4.98 Å². The average molecular weight is 448 g/mol. The van der Waals surface area contributed by atoms with Crippen molar-refractivity contribution >= 4 is 16.8 Å². The van der Waals surface area contributed by atoms with Gasteiger partial charge in [0, 0.05) is 31.1 Å². The van der Waals surface area contributed by atoms with Crippen molar-refractivity contribution in [3.63, 3.8) is 0 Å². The highest BCUT2D eigenvalue weighted by Gasteiger charge is 2.45. The molecule has 176 valence electrons. The molecule has 4 fully saturated rings. The van der Waals surface area contributed by atoms with Gasteiger partial charge in [0.1, 0.15) is 0 Å². The van der Waals surface area contributed by atoms with Crippen LogP contribution in [-0.4, -0.2) is 38.4 Å². The maximum Gasteiger partial charge on any atom is 0.280 e. The fraction of sp³-hybridized carbons (Fsp3) is 0.679. The first-order valence-electron chi connectivity index (χ1n) is 13.4. The Labute approximate surface area is 196 Å². The van der Waals surface area contributed by atoms with E-state index in [1.165, 1.54) is 71.1 Å². The van der Waals surface area contributed by atoms with Gasteiger partial charge in [-0.15, -0.1) is 0 Å². The summed E-state index contributed by atoms with van der Waals surface area (Å²) in [7, 11) is 0. The van der Waals surface area contributed by atoms with Gasteiger partial charge in [-0.3, -0.25) is 14.5 Å². The van der Waals surface area contributed by atoms with Gasteiger partial charge in [0.25, 0.3) is 5.56 Å². The third-order valence-electron chi connectivity index (χ3n) is 9.27. The number of para-hydroxylation sites is 2. The number of carbonyl (C=O) groups is 1. The number of rotatable bonds is 3. The van der Waals surface area contributed by atoms with E-state index in [4.69, 9.17) is 0 Å². The SMILES string of the molecule is CC(=O)c1nc2ccccc2n(C2CC3CCC[C@H](C2)N3C2CC3CCCCC(C3)C2)c1=O. The molecule has 2 aliphatic heterocycles. The number of fused-ring (bicyclic) bond motifs is 5. The fourth-order valence-electron chi connectivity index (χ4n) is 8.05. The predicted octanol–water partition coefficient (Wildman–Crippen LogP) is 5.52. The van der Waals surface area contributed by atoms with Crippen LogP contribution in [0.4, 0.5) is 0 Å². The summed E-state index contributed by atoms with van der Waals surface area (Å²) in [5.74, 6) is 1.63. The molecule has 5 heteroatoms. The lowest BCUT2D eigenvalue weighted by Crippen LogP contribution is -2.58. The Morgan fingerprint density at radius 3 is 2.15 bits per heavy atom. The number of hydrogen-bond donors (Lipinski definition) is 0. The highest BCUT2D eigenvalue weighted by atomic mass is 16.1. The van der Waals surface area contributed by atoms with Crippen LogP contribution in [0.3, 0.4) is 0 Å². The van der Waals surface area contributed by atoms with E-state index in [-0.39, 0.29) is 23.1 Å². The van der Waals surface area contributed by atoms with Crippen LogP contribution in [0.25, 0.3) is 11.0 Å². The highest BCUT2D eigenvalue weighted by Crippen LogP contribution is 2.46.